The molecule has 0 radical (unpaired) electrons. The number of hydrogen-bond donors (Lipinski definition) is 2. The maximum Gasteiger partial charge on any atom is 0.344 e. The first-order valence-electron chi connectivity index (χ1n) is 7.16. The van der Waals surface area contributed by atoms with E-state index in [1.54, 1.807) is 4.57 Å². The lowest BCUT2D eigenvalue weighted by atomic mass is 10.2. The first-order chi connectivity index (χ1) is 10.0. The predicted molar refractivity (Wildman–Crippen MR) is 80.5 cm³/mol. The molecule has 0 aromatic carbocycles. The summed E-state index contributed by atoms with van der Waals surface area (Å²) in [4.78, 5) is 23.4. The van der Waals surface area contributed by atoms with Crippen molar-refractivity contribution < 1.29 is 9.53 Å². The van der Waals surface area contributed by atoms with Gasteiger partial charge < -0.3 is 10.1 Å². The molecule has 2 N–H and O–H groups in total. The van der Waals surface area contributed by atoms with Crippen LogP contribution >= 0.6 is 11.8 Å². The highest BCUT2D eigenvalue weighted by Gasteiger charge is 2.28. The molecule has 0 aliphatic heterocycles. The van der Waals surface area contributed by atoms with Gasteiger partial charge in [0.05, 0.1) is 7.11 Å². The number of thioether (sulfide) groups is 1. The third kappa shape index (κ3) is 4.34. The molecule has 1 aromatic rings. The number of rotatable bonds is 8. The first kappa shape index (κ1) is 16.1. The summed E-state index contributed by atoms with van der Waals surface area (Å²) in [6, 6.07) is 0.214. The molecular formula is C13H22N4O3S. The summed E-state index contributed by atoms with van der Waals surface area (Å²) in [5.74, 6) is 0.460. The number of methoxy groups -OCH3 is 1. The average Bonchev–Trinajstić information content (AvgIpc) is 3.18. The summed E-state index contributed by atoms with van der Waals surface area (Å²) < 4.78 is 6.44. The van der Waals surface area contributed by atoms with E-state index in [-0.39, 0.29) is 23.7 Å². The Morgan fingerprint density at radius 2 is 2.29 bits per heavy atom. The van der Waals surface area contributed by atoms with Gasteiger partial charge in [-0.3, -0.25) is 9.36 Å². The Hall–Kier alpha value is -1.28. The van der Waals surface area contributed by atoms with Crippen LogP contribution in [-0.2, 0) is 9.53 Å². The molecular weight excluding hydrogens is 292 g/mol. The minimum atomic E-state index is -0.284. The molecule has 2 rings (SSSR count). The highest BCUT2D eigenvalue weighted by atomic mass is 32.2. The van der Waals surface area contributed by atoms with Gasteiger partial charge in [-0.05, 0) is 33.1 Å². The number of aromatic nitrogens is 3. The summed E-state index contributed by atoms with van der Waals surface area (Å²) >= 11 is 1.47. The quantitative estimate of drug-likeness (QED) is 0.548. The van der Waals surface area contributed by atoms with Gasteiger partial charge in [0.1, 0.15) is 6.04 Å². The van der Waals surface area contributed by atoms with Gasteiger partial charge in [0.2, 0.25) is 0 Å². The van der Waals surface area contributed by atoms with Crippen LogP contribution in [0.1, 0.15) is 39.2 Å². The lowest BCUT2D eigenvalue weighted by Crippen LogP contribution is -2.39. The predicted octanol–water partition coefficient (Wildman–Crippen LogP) is 0.928. The molecule has 1 saturated carbocycles. The van der Waals surface area contributed by atoms with Crippen molar-refractivity contribution in [3.05, 3.63) is 10.5 Å². The van der Waals surface area contributed by atoms with Crippen LogP contribution in [0, 0.1) is 0 Å². The van der Waals surface area contributed by atoms with Crippen molar-refractivity contribution in [2.75, 3.05) is 12.9 Å². The topological polar surface area (TPSA) is 89.0 Å². The molecule has 0 amide bonds. The van der Waals surface area contributed by atoms with Gasteiger partial charge in [-0.1, -0.05) is 11.8 Å². The number of nitrogens with zero attached hydrogens (tertiary/aromatic N) is 2. The second-order valence-corrected chi connectivity index (χ2v) is 6.49. The second kappa shape index (κ2) is 7.13. The molecule has 1 aliphatic carbocycles. The van der Waals surface area contributed by atoms with E-state index in [1.165, 1.54) is 18.9 Å². The summed E-state index contributed by atoms with van der Waals surface area (Å²) in [5, 5.41) is 10.4. The number of carbonyl (C=O) groups is 1. The molecule has 0 bridgehead atoms. The molecule has 1 unspecified atom stereocenters. The Bertz CT molecular complexity index is 536. The first-order valence-corrected chi connectivity index (χ1v) is 8.15. The van der Waals surface area contributed by atoms with Gasteiger partial charge in [0, 0.05) is 17.8 Å². The fourth-order valence-electron chi connectivity index (χ4n) is 2.06. The number of nitrogens with one attached hydrogen (secondary N) is 2. The smallest absolute Gasteiger partial charge is 0.344 e. The SMILES string of the molecule is COC(=O)C(CCSc1n[nH]c(=O)n1C(C)C)NC1CC1. The highest BCUT2D eigenvalue weighted by molar-refractivity contribution is 7.99. The number of hydrogen-bond acceptors (Lipinski definition) is 6. The van der Waals surface area contributed by atoms with E-state index in [1.807, 2.05) is 13.8 Å². The fourth-order valence-corrected chi connectivity index (χ4v) is 3.14. The molecule has 0 spiro atoms. The van der Waals surface area contributed by atoms with Gasteiger partial charge in [0.15, 0.2) is 5.16 Å². The van der Waals surface area contributed by atoms with Crippen LogP contribution < -0.4 is 11.0 Å². The molecule has 118 valence electrons. The lowest BCUT2D eigenvalue weighted by Gasteiger charge is -2.15. The molecule has 1 fully saturated rings. The van der Waals surface area contributed by atoms with Crippen molar-refractivity contribution in [2.45, 2.75) is 56.4 Å². The molecule has 1 atom stereocenters. The maximum absolute atomic E-state index is 11.7. The molecule has 1 aliphatic rings. The number of H-pyrrole nitrogens is 1. The number of ether oxygens (including phenoxy) is 1. The van der Waals surface area contributed by atoms with Gasteiger partial charge in [0.25, 0.3) is 0 Å². The summed E-state index contributed by atoms with van der Waals surface area (Å²) in [6.07, 6.45) is 2.88. The number of esters is 1. The Labute approximate surface area is 127 Å². The van der Waals surface area contributed by atoms with E-state index in [9.17, 15) is 9.59 Å². The van der Waals surface area contributed by atoms with Gasteiger partial charge >= 0.3 is 11.7 Å². The van der Waals surface area contributed by atoms with E-state index < -0.39 is 0 Å². The third-order valence-corrected chi connectivity index (χ3v) is 4.31. The number of aromatic amines is 1. The van der Waals surface area contributed by atoms with Crippen molar-refractivity contribution in [2.24, 2.45) is 0 Å². The molecule has 21 heavy (non-hydrogen) atoms. The van der Waals surface area contributed by atoms with Crippen molar-refractivity contribution >= 4 is 17.7 Å². The Balaban J connectivity index is 1.89. The third-order valence-electron chi connectivity index (χ3n) is 3.33. The standard InChI is InChI=1S/C13H22N4O3S/c1-8(2)17-12(19)15-16-13(17)21-7-6-10(11(18)20-3)14-9-4-5-9/h8-10,14H,4-7H2,1-3H3,(H,15,19). The summed E-state index contributed by atoms with van der Waals surface area (Å²) in [7, 11) is 1.40. The van der Waals surface area contributed by atoms with Crippen LogP contribution in [0.2, 0.25) is 0 Å². The van der Waals surface area contributed by atoms with Crippen LogP contribution in [0.15, 0.2) is 9.95 Å². The molecule has 7 nitrogen and oxygen atoms in total. The zero-order valence-electron chi connectivity index (χ0n) is 12.6. The monoisotopic (exact) mass is 314 g/mol. The van der Waals surface area contributed by atoms with Crippen LogP contribution in [0.3, 0.4) is 0 Å². The molecule has 1 aromatic heterocycles. The Kier molecular flexibility index (Phi) is 5.46. The largest absolute Gasteiger partial charge is 0.468 e. The minimum absolute atomic E-state index is 0.0553. The number of carbonyl (C=O) groups excluding carboxylic acids is 1. The van der Waals surface area contributed by atoms with E-state index in [2.05, 4.69) is 15.5 Å². The minimum Gasteiger partial charge on any atom is -0.468 e. The normalized spacial score (nSPS) is 16.2. The maximum atomic E-state index is 11.7. The second-order valence-electron chi connectivity index (χ2n) is 5.43. The fraction of sp³-hybridized carbons (Fsp3) is 0.769. The van der Waals surface area contributed by atoms with Crippen LogP contribution in [0.5, 0.6) is 0 Å². The highest BCUT2D eigenvalue weighted by Crippen LogP contribution is 2.22. The lowest BCUT2D eigenvalue weighted by molar-refractivity contribution is -0.143. The Morgan fingerprint density at radius 3 is 2.86 bits per heavy atom. The van der Waals surface area contributed by atoms with Crippen molar-refractivity contribution in [1.82, 2.24) is 20.1 Å². The van der Waals surface area contributed by atoms with Crippen LogP contribution in [-0.4, -0.2) is 45.7 Å². The van der Waals surface area contributed by atoms with Crippen molar-refractivity contribution in [3.8, 4) is 0 Å². The van der Waals surface area contributed by atoms with Crippen LogP contribution in [0.4, 0.5) is 0 Å². The van der Waals surface area contributed by atoms with Crippen LogP contribution in [0.25, 0.3) is 0 Å². The van der Waals surface area contributed by atoms with Crippen molar-refractivity contribution in [1.29, 1.82) is 0 Å². The van der Waals surface area contributed by atoms with Gasteiger partial charge in [-0.25, -0.2) is 9.89 Å². The zero-order chi connectivity index (χ0) is 15.4. The van der Waals surface area contributed by atoms with Gasteiger partial charge in [-0.15, -0.1) is 5.10 Å². The Morgan fingerprint density at radius 1 is 1.57 bits per heavy atom. The van der Waals surface area contributed by atoms with Gasteiger partial charge in [-0.2, -0.15) is 0 Å². The summed E-state index contributed by atoms with van der Waals surface area (Å²) in [6.45, 7) is 3.87. The average molecular weight is 314 g/mol. The zero-order valence-corrected chi connectivity index (χ0v) is 13.4. The van der Waals surface area contributed by atoms with E-state index in [0.717, 1.165) is 12.8 Å². The summed E-state index contributed by atoms with van der Waals surface area (Å²) in [5.41, 5.74) is -0.201. The molecule has 0 saturated heterocycles. The molecule has 8 heteroatoms. The van der Waals surface area contributed by atoms with E-state index in [4.69, 9.17) is 4.74 Å². The van der Waals surface area contributed by atoms with E-state index in [0.29, 0.717) is 23.4 Å². The van der Waals surface area contributed by atoms with E-state index >= 15 is 0 Å². The van der Waals surface area contributed by atoms with Crippen molar-refractivity contribution in [3.63, 3.8) is 0 Å². The molecule has 1 heterocycles.